The molecule has 1 aliphatic carbocycles. The van der Waals surface area contributed by atoms with Crippen molar-refractivity contribution in [1.29, 1.82) is 0 Å². The first kappa shape index (κ1) is 16.9. The molecule has 4 nitrogen and oxygen atoms in total. The number of halogens is 2. The number of hydrogen-bond acceptors (Lipinski definition) is 4. The lowest BCUT2D eigenvalue weighted by Gasteiger charge is -2.15. The van der Waals surface area contributed by atoms with Crippen LogP contribution in [0.25, 0.3) is 0 Å². The number of rotatable bonds is 4. The monoisotopic (exact) mass is 363 g/mol. The molecule has 0 bridgehead atoms. The molecule has 24 heavy (non-hydrogen) atoms. The summed E-state index contributed by atoms with van der Waals surface area (Å²) < 4.78 is 5.71. The Balaban J connectivity index is 1.97. The molecule has 3 rings (SSSR count). The largest absolute Gasteiger partial charge is 0.438 e. The van der Waals surface area contributed by atoms with Gasteiger partial charge in [0, 0.05) is 19.0 Å². The van der Waals surface area contributed by atoms with E-state index in [-0.39, 0.29) is 22.5 Å². The predicted molar refractivity (Wildman–Crippen MR) is 92.1 cm³/mol. The van der Waals surface area contributed by atoms with Crippen LogP contribution >= 0.6 is 23.2 Å². The molecule has 1 fully saturated rings. The number of ketones is 2. The van der Waals surface area contributed by atoms with E-state index in [9.17, 15) is 9.59 Å². The number of nitrogens with zero attached hydrogens (tertiary/aromatic N) is 1. The zero-order chi connectivity index (χ0) is 17.3. The number of pyridine rings is 1. The molecule has 1 heterocycles. The molecule has 1 aromatic heterocycles. The normalized spacial score (nSPS) is 15.1. The molecule has 2 aromatic rings. The highest BCUT2D eigenvalue weighted by Crippen LogP contribution is 2.35. The highest BCUT2D eigenvalue weighted by atomic mass is 35.5. The van der Waals surface area contributed by atoms with Gasteiger partial charge in [0.2, 0.25) is 5.88 Å². The Labute approximate surface area is 149 Å². The van der Waals surface area contributed by atoms with Gasteiger partial charge in [0.25, 0.3) is 0 Å². The van der Waals surface area contributed by atoms with E-state index < -0.39 is 5.92 Å². The number of Topliss-reactive ketones (excluding diaryl/α,β-unsaturated/α-hetero) is 2. The number of aromatic nitrogens is 1. The van der Waals surface area contributed by atoms with Crippen LogP contribution in [-0.2, 0) is 16.0 Å². The standard InChI is InChI=1S/C18H15Cl2NO3/c1-2-10-3-4-12(24-18-14(20)7-11(19)9-21-18)8-13(10)17-15(22)5-6-16(17)23/h3-4,7-9,17H,2,5-6H2,1H3. The fourth-order valence-corrected chi connectivity index (χ4v) is 3.30. The van der Waals surface area contributed by atoms with Crippen molar-refractivity contribution in [3.63, 3.8) is 0 Å². The fourth-order valence-electron chi connectivity index (χ4n) is 2.88. The van der Waals surface area contributed by atoms with Crippen molar-refractivity contribution in [2.75, 3.05) is 0 Å². The van der Waals surface area contributed by atoms with Crippen molar-refractivity contribution in [2.24, 2.45) is 0 Å². The minimum atomic E-state index is -0.683. The fraction of sp³-hybridized carbons (Fsp3) is 0.278. The van der Waals surface area contributed by atoms with Gasteiger partial charge < -0.3 is 4.74 Å². The lowest BCUT2D eigenvalue weighted by atomic mass is 9.90. The van der Waals surface area contributed by atoms with Gasteiger partial charge in [-0.15, -0.1) is 0 Å². The molecular weight excluding hydrogens is 349 g/mol. The number of carbonyl (C=O) groups excluding carboxylic acids is 2. The Morgan fingerprint density at radius 2 is 1.88 bits per heavy atom. The van der Waals surface area contributed by atoms with Crippen LogP contribution in [0, 0.1) is 0 Å². The van der Waals surface area contributed by atoms with Crippen LogP contribution < -0.4 is 4.74 Å². The predicted octanol–water partition coefficient (Wildman–Crippen LogP) is 4.76. The summed E-state index contributed by atoms with van der Waals surface area (Å²) in [6.45, 7) is 1.99. The molecule has 0 atom stereocenters. The van der Waals surface area contributed by atoms with Crippen LogP contribution in [0.15, 0.2) is 30.5 Å². The smallest absolute Gasteiger partial charge is 0.238 e. The minimum absolute atomic E-state index is 0.0329. The van der Waals surface area contributed by atoms with Gasteiger partial charge >= 0.3 is 0 Å². The third-order valence-corrected chi connectivity index (χ3v) is 4.54. The Bertz CT molecular complexity index is 804. The van der Waals surface area contributed by atoms with Crippen LogP contribution in [0.1, 0.15) is 36.8 Å². The van der Waals surface area contributed by atoms with Crippen molar-refractivity contribution < 1.29 is 14.3 Å². The molecule has 0 N–H and O–H groups in total. The Morgan fingerprint density at radius 1 is 1.17 bits per heavy atom. The second-order valence-electron chi connectivity index (χ2n) is 5.62. The number of benzene rings is 1. The number of ether oxygens (including phenoxy) is 1. The maximum Gasteiger partial charge on any atom is 0.238 e. The zero-order valence-electron chi connectivity index (χ0n) is 13.0. The number of hydrogen-bond donors (Lipinski definition) is 0. The van der Waals surface area contributed by atoms with Gasteiger partial charge in [-0.25, -0.2) is 4.98 Å². The summed E-state index contributed by atoms with van der Waals surface area (Å²) >= 11 is 11.9. The Hall–Kier alpha value is -1.91. The van der Waals surface area contributed by atoms with Crippen LogP contribution in [0.3, 0.4) is 0 Å². The van der Waals surface area contributed by atoms with E-state index in [0.29, 0.717) is 29.2 Å². The molecule has 0 unspecified atom stereocenters. The minimum Gasteiger partial charge on any atom is -0.438 e. The van der Waals surface area contributed by atoms with Gasteiger partial charge in [0.1, 0.15) is 28.3 Å². The van der Waals surface area contributed by atoms with Crippen LogP contribution in [0.5, 0.6) is 11.6 Å². The summed E-state index contributed by atoms with van der Waals surface area (Å²) in [5.74, 6) is -0.0482. The summed E-state index contributed by atoms with van der Waals surface area (Å²) in [6, 6.07) is 6.92. The van der Waals surface area contributed by atoms with Crippen LogP contribution in [0.2, 0.25) is 10.0 Å². The quantitative estimate of drug-likeness (QED) is 0.734. The van der Waals surface area contributed by atoms with Gasteiger partial charge in [-0.3, -0.25) is 9.59 Å². The molecule has 6 heteroatoms. The van der Waals surface area contributed by atoms with E-state index in [4.69, 9.17) is 27.9 Å². The number of aryl methyl sites for hydroxylation is 1. The van der Waals surface area contributed by atoms with Gasteiger partial charge in [-0.1, -0.05) is 36.2 Å². The summed E-state index contributed by atoms with van der Waals surface area (Å²) in [5.41, 5.74) is 1.68. The van der Waals surface area contributed by atoms with Crippen molar-refractivity contribution in [2.45, 2.75) is 32.1 Å². The maximum absolute atomic E-state index is 12.1. The van der Waals surface area contributed by atoms with E-state index in [1.165, 1.54) is 12.3 Å². The van der Waals surface area contributed by atoms with E-state index >= 15 is 0 Å². The Kier molecular flexibility index (Phi) is 4.88. The highest BCUT2D eigenvalue weighted by molar-refractivity contribution is 6.35. The molecule has 0 saturated heterocycles. The third-order valence-electron chi connectivity index (χ3n) is 4.06. The van der Waals surface area contributed by atoms with E-state index in [1.54, 1.807) is 12.1 Å². The highest BCUT2D eigenvalue weighted by Gasteiger charge is 2.35. The first-order valence-corrected chi connectivity index (χ1v) is 8.42. The third kappa shape index (κ3) is 3.30. The van der Waals surface area contributed by atoms with E-state index in [2.05, 4.69) is 4.98 Å². The summed E-state index contributed by atoms with van der Waals surface area (Å²) in [7, 11) is 0. The van der Waals surface area contributed by atoms with Gasteiger partial charge in [0.05, 0.1) is 5.02 Å². The average molecular weight is 364 g/mol. The first-order chi connectivity index (χ1) is 11.5. The van der Waals surface area contributed by atoms with Gasteiger partial charge in [-0.05, 0) is 35.7 Å². The van der Waals surface area contributed by atoms with Crippen molar-refractivity contribution in [3.05, 3.63) is 51.6 Å². The zero-order valence-corrected chi connectivity index (χ0v) is 14.5. The SMILES string of the molecule is CCc1ccc(Oc2ncc(Cl)cc2Cl)cc1C1C(=O)CCC1=O. The molecular formula is C18H15Cl2NO3. The second kappa shape index (κ2) is 6.91. The maximum atomic E-state index is 12.1. The van der Waals surface area contributed by atoms with Gasteiger partial charge in [0.15, 0.2) is 0 Å². The molecule has 0 radical (unpaired) electrons. The molecule has 0 aliphatic heterocycles. The van der Waals surface area contributed by atoms with E-state index in [0.717, 1.165) is 12.0 Å². The molecule has 1 aromatic carbocycles. The summed E-state index contributed by atoms with van der Waals surface area (Å²) in [5, 5.41) is 0.702. The summed E-state index contributed by atoms with van der Waals surface area (Å²) in [6.07, 6.45) is 2.78. The first-order valence-electron chi connectivity index (χ1n) is 7.66. The Morgan fingerprint density at radius 3 is 2.50 bits per heavy atom. The molecule has 0 amide bonds. The van der Waals surface area contributed by atoms with Crippen molar-refractivity contribution >= 4 is 34.8 Å². The lowest BCUT2D eigenvalue weighted by molar-refractivity contribution is -0.123. The average Bonchev–Trinajstić information content (AvgIpc) is 2.89. The molecule has 1 saturated carbocycles. The van der Waals surface area contributed by atoms with Gasteiger partial charge in [-0.2, -0.15) is 0 Å². The van der Waals surface area contributed by atoms with E-state index in [1.807, 2.05) is 13.0 Å². The lowest BCUT2D eigenvalue weighted by Crippen LogP contribution is -2.14. The van der Waals surface area contributed by atoms with Crippen molar-refractivity contribution in [1.82, 2.24) is 4.98 Å². The number of carbonyl (C=O) groups is 2. The molecule has 1 aliphatic rings. The van der Waals surface area contributed by atoms with Crippen molar-refractivity contribution in [3.8, 4) is 11.6 Å². The molecule has 0 spiro atoms. The van der Waals surface area contributed by atoms with Crippen LogP contribution in [-0.4, -0.2) is 16.6 Å². The summed E-state index contributed by atoms with van der Waals surface area (Å²) in [4.78, 5) is 28.3. The molecule has 124 valence electrons. The van der Waals surface area contributed by atoms with Crippen LogP contribution in [0.4, 0.5) is 0 Å². The topological polar surface area (TPSA) is 56.3 Å². The second-order valence-corrected chi connectivity index (χ2v) is 6.47.